The van der Waals surface area contributed by atoms with E-state index in [0.29, 0.717) is 11.4 Å². The Hall–Kier alpha value is -3.95. The first kappa shape index (κ1) is 16.9. The Kier molecular flexibility index (Phi) is 4.23. The first-order valence-electron chi connectivity index (χ1n) is 7.45. The molecule has 0 unspecified atom stereocenters. The molecule has 3 rings (SSSR count). The Morgan fingerprint density at radius 2 is 1.73 bits per heavy atom. The molecule has 0 saturated carbocycles. The van der Waals surface area contributed by atoms with Crippen LogP contribution in [0.15, 0.2) is 53.3 Å². The largest absolute Gasteiger partial charge is 0.344 e. The molecule has 10 nitrogen and oxygen atoms in total. The van der Waals surface area contributed by atoms with Crippen LogP contribution in [0.2, 0.25) is 0 Å². The van der Waals surface area contributed by atoms with Crippen molar-refractivity contribution >= 4 is 22.7 Å². The van der Waals surface area contributed by atoms with E-state index in [-0.39, 0.29) is 11.4 Å². The lowest BCUT2D eigenvalue weighted by molar-refractivity contribution is -0.393. The maximum absolute atomic E-state index is 12.6. The molecule has 3 aromatic rings. The summed E-state index contributed by atoms with van der Waals surface area (Å²) in [6, 6.07) is 12.0. The molecule has 26 heavy (non-hydrogen) atoms. The van der Waals surface area contributed by atoms with Crippen LogP contribution >= 0.6 is 0 Å². The second-order valence-corrected chi connectivity index (χ2v) is 5.43. The van der Waals surface area contributed by atoms with Gasteiger partial charge in [-0.05, 0) is 25.1 Å². The van der Waals surface area contributed by atoms with Crippen LogP contribution in [0, 0.1) is 27.2 Å². The van der Waals surface area contributed by atoms with Gasteiger partial charge in [-0.1, -0.05) is 18.2 Å². The van der Waals surface area contributed by atoms with E-state index in [2.05, 4.69) is 10.4 Å². The molecule has 132 valence electrons. The Labute approximate surface area is 146 Å². The molecule has 0 bridgehead atoms. The van der Waals surface area contributed by atoms with Crippen LogP contribution in [0.25, 0.3) is 5.69 Å². The van der Waals surface area contributed by atoms with Crippen molar-refractivity contribution in [1.29, 1.82) is 0 Å². The number of nitrogens with zero attached hydrogens (tertiary/aromatic N) is 3. The smallest absolute Gasteiger partial charge is 0.299 e. The van der Waals surface area contributed by atoms with Crippen LogP contribution in [0.5, 0.6) is 0 Å². The molecule has 2 aromatic carbocycles. The molecular formula is C16H13N5O5. The molecule has 10 heteroatoms. The van der Waals surface area contributed by atoms with E-state index in [1.807, 2.05) is 6.07 Å². The van der Waals surface area contributed by atoms with Gasteiger partial charge in [0.1, 0.15) is 11.4 Å². The average Bonchev–Trinajstić information content (AvgIpc) is 2.90. The third kappa shape index (κ3) is 3.02. The number of rotatable bonds is 5. The van der Waals surface area contributed by atoms with Crippen LogP contribution in [0.3, 0.4) is 0 Å². The number of hydrogen-bond acceptors (Lipinski definition) is 6. The highest BCUT2D eigenvalue weighted by molar-refractivity contribution is 5.72. The zero-order valence-corrected chi connectivity index (χ0v) is 13.5. The van der Waals surface area contributed by atoms with Crippen molar-refractivity contribution in [2.45, 2.75) is 6.92 Å². The minimum atomic E-state index is -0.743. The predicted octanol–water partition coefficient (Wildman–Crippen LogP) is 3.03. The number of benzene rings is 2. The number of nitro groups is 2. The molecular weight excluding hydrogens is 342 g/mol. The fraction of sp³-hybridized carbons (Fsp3) is 0.0625. The number of aromatic nitrogens is 2. The number of H-pyrrole nitrogens is 1. The monoisotopic (exact) mass is 355 g/mol. The summed E-state index contributed by atoms with van der Waals surface area (Å²) in [5.41, 5.74) is -0.161. The average molecular weight is 355 g/mol. The number of hydrogen-bond donors (Lipinski definition) is 2. The minimum absolute atomic E-state index is 0.0139. The zero-order chi connectivity index (χ0) is 18.8. The summed E-state index contributed by atoms with van der Waals surface area (Å²) in [4.78, 5) is 33.2. The Morgan fingerprint density at radius 3 is 2.35 bits per heavy atom. The fourth-order valence-electron chi connectivity index (χ4n) is 2.48. The van der Waals surface area contributed by atoms with Gasteiger partial charge in [-0.15, -0.1) is 0 Å². The Morgan fingerprint density at radius 1 is 1.04 bits per heavy atom. The first-order chi connectivity index (χ1) is 12.4. The summed E-state index contributed by atoms with van der Waals surface area (Å²) in [6.45, 7) is 1.64. The van der Waals surface area contributed by atoms with Gasteiger partial charge in [0, 0.05) is 6.07 Å². The third-order valence-electron chi connectivity index (χ3n) is 3.73. The summed E-state index contributed by atoms with van der Waals surface area (Å²) >= 11 is 0. The van der Waals surface area contributed by atoms with Gasteiger partial charge >= 0.3 is 0 Å². The van der Waals surface area contributed by atoms with Crippen LogP contribution < -0.4 is 10.9 Å². The standard InChI is InChI=1S/C16H13N5O5/c1-10-15(16(22)19(18-10)11-5-3-2-4-6-11)17-13-8-7-12(20(23)24)9-14(13)21(25)26/h2-9,17-18H,1H3. The minimum Gasteiger partial charge on any atom is -0.344 e. The quantitative estimate of drug-likeness (QED) is 0.533. The molecule has 1 aromatic heterocycles. The fourth-order valence-corrected chi connectivity index (χ4v) is 2.48. The molecule has 0 spiro atoms. The summed E-state index contributed by atoms with van der Waals surface area (Å²) in [7, 11) is 0. The Bertz CT molecular complexity index is 1050. The summed E-state index contributed by atoms with van der Waals surface area (Å²) in [5, 5.41) is 27.7. The molecule has 0 radical (unpaired) electrons. The van der Waals surface area contributed by atoms with Crippen LogP contribution in [0.1, 0.15) is 5.69 Å². The number of anilines is 2. The van der Waals surface area contributed by atoms with Gasteiger partial charge in [-0.25, -0.2) is 4.68 Å². The molecule has 2 N–H and O–H groups in total. The summed E-state index contributed by atoms with van der Waals surface area (Å²) in [6.07, 6.45) is 0. The van der Waals surface area contributed by atoms with Crippen molar-refractivity contribution in [3.05, 3.63) is 84.8 Å². The number of aromatic amines is 1. The van der Waals surface area contributed by atoms with Crippen LogP contribution in [0.4, 0.5) is 22.7 Å². The molecule has 0 aliphatic rings. The van der Waals surface area contributed by atoms with Gasteiger partial charge in [0.2, 0.25) is 0 Å². The van der Waals surface area contributed by atoms with Crippen molar-refractivity contribution < 1.29 is 9.85 Å². The molecule has 0 aliphatic carbocycles. The van der Waals surface area contributed by atoms with E-state index in [0.717, 1.165) is 12.1 Å². The number of nitro benzene ring substituents is 2. The van der Waals surface area contributed by atoms with Crippen molar-refractivity contribution in [3.8, 4) is 5.69 Å². The van der Waals surface area contributed by atoms with Crippen molar-refractivity contribution in [3.63, 3.8) is 0 Å². The number of para-hydroxylation sites is 1. The van der Waals surface area contributed by atoms with E-state index < -0.39 is 26.8 Å². The van der Waals surface area contributed by atoms with Gasteiger partial charge in [0.05, 0.1) is 27.3 Å². The van der Waals surface area contributed by atoms with Crippen molar-refractivity contribution in [1.82, 2.24) is 9.78 Å². The van der Waals surface area contributed by atoms with E-state index in [1.54, 1.807) is 31.2 Å². The first-order valence-corrected chi connectivity index (χ1v) is 7.45. The van der Waals surface area contributed by atoms with Crippen molar-refractivity contribution in [2.75, 3.05) is 5.32 Å². The number of non-ortho nitro benzene ring substituents is 1. The Balaban J connectivity index is 2.05. The lowest BCUT2D eigenvalue weighted by atomic mass is 10.2. The van der Waals surface area contributed by atoms with Crippen molar-refractivity contribution in [2.24, 2.45) is 0 Å². The highest BCUT2D eigenvalue weighted by Crippen LogP contribution is 2.31. The van der Waals surface area contributed by atoms with Gasteiger partial charge < -0.3 is 5.32 Å². The summed E-state index contributed by atoms with van der Waals surface area (Å²) in [5.74, 6) is 0. The topological polar surface area (TPSA) is 136 Å². The molecule has 0 saturated heterocycles. The number of nitrogens with one attached hydrogen (secondary N) is 2. The lowest BCUT2D eigenvalue weighted by Crippen LogP contribution is -2.16. The predicted molar refractivity (Wildman–Crippen MR) is 94.2 cm³/mol. The third-order valence-corrected chi connectivity index (χ3v) is 3.73. The molecule has 0 atom stereocenters. The van der Waals surface area contributed by atoms with Gasteiger partial charge in [0.25, 0.3) is 16.9 Å². The van der Waals surface area contributed by atoms with Gasteiger partial charge in [0.15, 0.2) is 0 Å². The molecule has 1 heterocycles. The van der Waals surface area contributed by atoms with E-state index in [1.165, 1.54) is 10.7 Å². The van der Waals surface area contributed by atoms with Crippen LogP contribution in [-0.2, 0) is 0 Å². The SMILES string of the molecule is Cc1[nH]n(-c2ccccc2)c(=O)c1Nc1ccc([N+](=O)[O-])cc1[N+](=O)[O-]. The van der Waals surface area contributed by atoms with Crippen LogP contribution in [-0.4, -0.2) is 19.6 Å². The molecule has 0 fully saturated rings. The van der Waals surface area contributed by atoms with Gasteiger partial charge in [-0.3, -0.25) is 30.1 Å². The highest BCUT2D eigenvalue weighted by Gasteiger charge is 2.22. The lowest BCUT2D eigenvalue weighted by Gasteiger charge is -2.05. The number of aryl methyl sites for hydroxylation is 1. The summed E-state index contributed by atoms with van der Waals surface area (Å²) < 4.78 is 1.30. The van der Waals surface area contributed by atoms with E-state index >= 15 is 0 Å². The molecule has 0 aliphatic heterocycles. The maximum atomic E-state index is 12.6. The highest BCUT2D eigenvalue weighted by atomic mass is 16.6. The van der Waals surface area contributed by atoms with E-state index in [4.69, 9.17) is 0 Å². The normalized spacial score (nSPS) is 10.5. The van der Waals surface area contributed by atoms with E-state index in [9.17, 15) is 25.0 Å². The maximum Gasteiger partial charge on any atom is 0.299 e. The second kappa shape index (κ2) is 6.51. The van der Waals surface area contributed by atoms with Gasteiger partial charge in [-0.2, -0.15) is 0 Å². The zero-order valence-electron chi connectivity index (χ0n) is 13.5. The second-order valence-electron chi connectivity index (χ2n) is 5.43. The molecule has 0 amide bonds.